The zero-order chi connectivity index (χ0) is 20.5. The fraction of sp³-hybridized carbons (Fsp3) is 0.421. The average Bonchev–Trinajstić information content (AvgIpc) is 3.11. The van der Waals surface area contributed by atoms with E-state index in [9.17, 15) is 22.8 Å². The van der Waals surface area contributed by atoms with Crippen LogP contribution in [0.15, 0.2) is 36.5 Å². The molecule has 1 aromatic carbocycles. The molecule has 0 saturated heterocycles. The van der Waals surface area contributed by atoms with Crippen molar-refractivity contribution in [3.8, 4) is 0 Å². The van der Waals surface area contributed by atoms with Gasteiger partial charge in [-0.1, -0.05) is 29.8 Å². The Hall–Kier alpha value is -2.35. The van der Waals surface area contributed by atoms with Gasteiger partial charge in [0.1, 0.15) is 12.1 Å². The molecule has 1 aliphatic rings. The van der Waals surface area contributed by atoms with Gasteiger partial charge < -0.3 is 4.90 Å². The second-order valence-electron chi connectivity index (χ2n) is 6.82. The summed E-state index contributed by atoms with van der Waals surface area (Å²) >= 11 is 6.34. The molecule has 0 aliphatic heterocycles. The maximum absolute atomic E-state index is 13.0. The van der Waals surface area contributed by atoms with Gasteiger partial charge in [-0.25, -0.2) is 0 Å². The number of benzene rings is 1. The highest BCUT2D eigenvalue weighted by Crippen LogP contribution is 2.42. The molecule has 1 saturated carbocycles. The molecule has 3 rings (SSSR count). The van der Waals surface area contributed by atoms with Gasteiger partial charge in [-0.15, -0.1) is 0 Å². The summed E-state index contributed by atoms with van der Waals surface area (Å²) in [5.41, 5.74) is -1.76. The predicted octanol–water partition coefficient (Wildman–Crippen LogP) is 4.05. The lowest BCUT2D eigenvalue weighted by Gasteiger charge is -2.44. The van der Waals surface area contributed by atoms with Gasteiger partial charge >= 0.3 is 6.18 Å². The van der Waals surface area contributed by atoms with E-state index in [1.54, 1.807) is 24.3 Å². The SMILES string of the molecule is CN(C(=O)Cn1ccc(C(F)(F)F)n1)C1(c2ccccc2Cl)CCCCC1=O. The number of amides is 1. The quantitative estimate of drug-likeness (QED) is 0.759. The first-order valence-electron chi connectivity index (χ1n) is 8.82. The van der Waals surface area contributed by atoms with E-state index >= 15 is 0 Å². The lowest BCUT2D eigenvalue weighted by Crippen LogP contribution is -2.55. The monoisotopic (exact) mass is 413 g/mol. The van der Waals surface area contributed by atoms with Gasteiger partial charge in [-0.2, -0.15) is 18.3 Å². The van der Waals surface area contributed by atoms with Crippen LogP contribution in [-0.4, -0.2) is 33.4 Å². The molecule has 2 aromatic rings. The molecule has 1 fully saturated rings. The molecule has 1 aromatic heterocycles. The smallest absolute Gasteiger partial charge is 0.327 e. The summed E-state index contributed by atoms with van der Waals surface area (Å²) in [5.74, 6) is -0.647. The van der Waals surface area contributed by atoms with E-state index in [2.05, 4.69) is 5.10 Å². The minimum absolute atomic E-state index is 0.126. The molecule has 28 heavy (non-hydrogen) atoms. The molecule has 150 valence electrons. The number of aromatic nitrogens is 2. The molecule has 5 nitrogen and oxygen atoms in total. The Morgan fingerprint density at radius 1 is 1.29 bits per heavy atom. The zero-order valence-corrected chi connectivity index (χ0v) is 15.9. The Morgan fingerprint density at radius 2 is 2.00 bits per heavy atom. The van der Waals surface area contributed by atoms with Crippen LogP contribution in [0.25, 0.3) is 0 Å². The molecule has 1 heterocycles. The van der Waals surface area contributed by atoms with Crippen LogP contribution in [0, 0.1) is 0 Å². The third kappa shape index (κ3) is 3.65. The van der Waals surface area contributed by atoms with Crippen LogP contribution in [-0.2, 0) is 27.8 Å². The van der Waals surface area contributed by atoms with E-state index in [0.717, 1.165) is 29.8 Å². The number of likely N-dealkylation sites (N-methyl/N-ethyl adjacent to an activating group) is 1. The fourth-order valence-electron chi connectivity index (χ4n) is 3.69. The second-order valence-corrected chi connectivity index (χ2v) is 7.23. The predicted molar refractivity (Wildman–Crippen MR) is 96.6 cm³/mol. The molecular formula is C19H19ClF3N3O2. The van der Waals surface area contributed by atoms with Crippen molar-refractivity contribution in [2.75, 3.05) is 7.05 Å². The number of hydrogen-bond acceptors (Lipinski definition) is 3. The van der Waals surface area contributed by atoms with Crippen molar-refractivity contribution in [3.63, 3.8) is 0 Å². The Balaban J connectivity index is 1.92. The van der Waals surface area contributed by atoms with Crippen LogP contribution < -0.4 is 0 Å². The first kappa shape index (κ1) is 20.4. The molecule has 1 amide bonds. The average molecular weight is 414 g/mol. The number of halogens is 4. The highest BCUT2D eigenvalue weighted by atomic mass is 35.5. The lowest BCUT2D eigenvalue weighted by molar-refractivity contribution is -0.149. The Kier molecular flexibility index (Phi) is 5.52. The maximum atomic E-state index is 13.0. The van der Waals surface area contributed by atoms with E-state index in [0.29, 0.717) is 23.4 Å². The van der Waals surface area contributed by atoms with Crippen LogP contribution in [0.5, 0.6) is 0 Å². The van der Waals surface area contributed by atoms with E-state index < -0.39 is 29.9 Å². The van der Waals surface area contributed by atoms with Gasteiger partial charge in [0.05, 0.1) is 0 Å². The third-order valence-corrected chi connectivity index (χ3v) is 5.48. The molecule has 1 aliphatic carbocycles. The minimum Gasteiger partial charge on any atom is -0.327 e. The van der Waals surface area contributed by atoms with Crippen LogP contribution in [0.2, 0.25) is 5.02 Å². The van der Waals surface area contributed by atoms with Crippen molar-refractivity contribution in [2.24, 2.45) is 0 Å². The number of Topliss-reactive ketones (excluding diaryl/α,β-unsaturated/α-hetero) is 1. The van der Waals surface area contributed by atoms with Crippen LogP contribution in [0.1, 0.15) is 36.9 Å². The molecule has 0 radical (unpaired) electrons. The van der Waals surface area contributed by atoms with Gasteiger partial charge in [0.2, 0.25) is 5.91 Å². The first-order chi connectivity index (χ1) is 13.2. The standard InChI is InChI=1S/C19H19ClF3N3O2/c1-25(17(28)12-26-11-9-15(24-26)19(21,22)23)18(10-5-4-8-16(18)27)13-6-2-3-7-14(13)20/h2-3,6-7,9,11H,4-5,8,10,12H2,1H3. The summed E-state index contributed by atoms with van der Waals surface area (Å²) in [4.78, 5) is 27.2. The van der Waals surface area contributed by atoms with E-state index in [1.807, 2.05) is 0 Å². The van der Waals surface area contributed by atoms with Crippen LogP contribution >= 0.6 is 11.6 Å². The fourth-order valence-corrected chi connectivity index (χ4v) is 3.98. The Bertz CT molecular complexity index is 897. The third-order valence-electron chi connectivity index (χ3n) is 5.15. The number of carbonyl (C=O) groups excluding carboxylic acids is 2. The van der Waals surface area contributed by atoms with Gasteiger partial charge in [-0.05, 0) is 31.4 Å². The summed E-state index contributed by atoms with van der Waals surface area (Å²) in [6.45, 7) is -0.411. The van der Waals surface area contributed by atoms with E-state index in [4.69, 9.17) is 11.6 Å². The molecule has 9 heteroatoms. The highest BCUT2D eigenvalue weighted by molar-refractivity contribution is 6.31. The van der Waals surface area contributed by atoms with Crippen molar-refractivity contribution >= 4 is 23.3 Å². The number of hydrogen-bond donors (Lipinski definition) is 0. The Labute approximate surface area is 165 Å². The molecule has 0 spiro atoms. The number of alkyl halides is 3. The first-order valence-corrected chi connectivity index (χ1v) is 9.19. The molecule has 1 unspecified atom stereocenters. The van der Waals surface area contributed by atoms with Gasteiger partial charge in [0.15, 0.2) is 11.5 Å². The zero-order valence-electron chi connectivity index (χ0n) is 15.2. The second kappa shape index (κ2) is 7.58. The van der Waals surface area contributed by atoms with Crippen molar-refractivity contribution in [1.82, 2.24) is 14.7 Å². The largest absolute Gasteiger partial charge is 0.435 e. The number of ketones is 1. The van der Waals surface area contributed by atoms with Crippen molar-refractivity contribution in [3.05, 3.63) is 52.8 Å². The van der Waals surface area contributed by atoms with Gasteiger partial charge in [0, 0.05) is 30.3 Å². The van der Waals surface area contributed by atoms with Crippen LogP contribution in [0.4, 0.5) is 13.2 Å². The minimum atomic E-state index is -4.58. The van der Waals surface area contributed by atoms with E-state index in [1.165, 1.54) is 11.9 Å². The van der Waals surface area contributed by atoms with Crippen molar-refractivity contribution in [1.29, 1.82) is 0 Å². The molecular weight excluding hydrogens is 395 g/mol. The van der Waals surface area contributed by atoms with E-state index in [-0.39, 0.29) is 5.78 Å². The van der Waals surface area contributed by atoms with Crippen molar-refractivity contribution in [2.45, 2.75) is 43.9 Å². The Morgan fingerprint density at radius 3 is 2.61 bits per heavy atom. The molecule has 0 bridgehead atoms. The summed E-state index contributed by atoms with van der Waals surface area (Å²) < 4.78 is 39.1. The summed E-state index contributed by atoms with van der Waals surface area (Å²) in [6.07, 6.45) is -1.32. The molecule has 1 atom stereocenters. The van der Waals surface area contributed by atoms with Crippen LogP contribution in [0.3, 0.4) is 0 Å². The number of nitrogens with zero attached hydrogens (tertiary/aromatic N) is 3. The maximum Gasteiger partial charge on any atom is 0.435 e. The summed E-state index contributed by atoms with van der Waals surface area (Å²) in [5, 5.41) is 3.79. The highest BCUT2D eigenvalue weighted by Gasteiger charge is 2.48. The normalized spacial score (nSPS) is 20.2. The van der Waals surface area contributed by atoms with Gasteiger partial charge in [-0.3, -0.25) is 14.3 Å². The number of carbonyl (C=O) groups is 2. The summed E-state index contributed by atoms with van der Waals surface area (Å²) in [7, 11) is 1.49. The molecule has 0 N–H and O–H groups in total. The topological polar surface area (TPSA) is 55.2 Å². The summed E-state index contributed by atoms with van der Waals surface area (Å²) in [6, 6.07) is 7.65. The van der Waals surface area contributed by atoms with Gasteiger partial charge in [0.25, 0.3) is 0 Å². The number of rotatable bonds is 4. The lowest BCUT2D eigenvalue weighted by atomic mass is 9.74. The van der Waals surface area contributed by atoms with Crippen molar-refractivity contribution < 1.29 is 22.8 Å².